The number of rotatable bonds is 5. The number of amides is 1. The Hall–Kier alpha value is -2.38. The van der Waals surface area contributed by atoms with Crippen molar-refractivity contribution >= 4 is 21.9 Å². The standard InChI is InChI=1S/C21H27NO5S/c1-15-6-13-19(28(24,25)26)17(14-15)10-7-16-8-11-18(12-9-16)22(5)20(23)27-21(2,3)4/h6,8-9,11-14H,7,10H2,1-5H3,(H,24,25,26). The molecule has 0 saturated carbocycles. The molecule has 152 valence electrons. The molecule has 2 aromatic carbocycles. The largest absolute Gasteiger partial charge is 0.443 e. The van der Waals surface area contributed by atoms with Crippen molar-refractivity contribution in [3.63, 3.8) is 0 Å². The maximum atomic E-state index is 12.1. The number of aryl methyl sites for hydroxylation is 3. The van der Waals surface area contributed by atoms with E-state index in [1.165, 1.54) is 11.0 Å². The van der Waals surface area contributed by atoms with E-state index in [-0.39, 0.29) is 4.90 Å². The number of hydrogen-bond acceptors (Lipinski definition) is 4. The van der Waals surface area contributed by atoms with Crippen LogP contribution in [0.3, 0.4) is 0 Å². The number of anilines is 1. The second kappa shape index (κ2) is 8.32. The van der Waals surface area contributed by atoms with E-state index in [1.807, 2.05) is 52.0 Å². The summed E-state index contributed by atoms with van der Waals surface area (Å²) in [4.78, 5) is 13.5. The van der Waals surface area contributed by atoms with Gasteiger partial charge in [-0.05, 0) is 69.9 Å². The third kappa shape index (κ3) is 6.07. The van der Waals surface area contributed by atoms with Crippen molar-refractivity contribution in [2.45, 2.75) is 51.0 Å². The summed E-state index contributed by atoms with van der Waals surface area (Å²) in [7, 11) is -2.61. The summed E-state index contributed by atoms with van der Waals surface area (Å²) in [6.07, 6.45) is 0.637. The zero-order chi connectivity index (χ0) is 21.1. The van der Waals surface area contributed by atoms with Crippen LogP contribution in [0.2, 0.25) is 0 Å². The van der Waals surface area contributed by atoms with E-state index in [1.54, 1.807) is 19.2 Å². The average Bonchev–Trinajstić information content (AvgIpc) is 2.57. The number of carbonyl (C=O) groups is 1. The van der Waals surface area contributed by atoms with E-state index >= 15 is 0 Å². The minimum Gasteiger partial charge on any atom is -0.443 e. The van der Waals surface area contributed by atoms with E-state index in [9.17, 15) is 17.8 Å². The number of ether oxygens (including phenoxy) is 1. The van der Waals surface area contributed by atoms with Crippen molar-refractivity contribution in [2.24, 2.45) is 0 Å². The van der Waals surface area contributed by atoms with Crippen LogP contribution in [-0.4, -0.2) is 31.7 Å². The van der Waals surface area contributed by atoms with E-state index in [2.05, 4.69) is 0 Å². The molecule has 7 heteroatoms. The van der Waals surface area contributed by atoms with Crippen LogP contribution in [0.5, 0.6) is 0 Å². The molecule has 0 aromatic heterocycles. The molecule has 6 nitrogen and oxygen atoms in total. The van der Waals surface area contributed by atoms with Gasteiger partial charge in [0, 0.05) is 12.7 Å². The molecule has 0 radical (unpaired) electrons. The fourth-order valence-electron chi connectivity index (χ4n) is 2.76. The molecule has 0 spiro atoms. The van der Waals surface area contributed by atoms with E-state index in [0.29, 0.717) is 24.1 Å². The summed E-state index contributed by atoms with van der Waals surface area (Å²) < 4.78 is 37.9. The Morgan fingerprint density at radius 1 is 1.07 bits per heavy atom. The fraction of sp³-hybridized carbons (Fsp3) is 0.381. The first-order valence-corrected chi connectivity index (χ1v) is 10.4. The first kappa shape index (κ1) is 21.9. The Morgan fingerprint density at radius 2 is 1.68 bits per heavy atom. The van der Waals surface area contributed by atoms with Crippen molar-refractivity contribution < 1.29 is 22.5 Å². The second-order valence-electron chi connectivity index (χ2n) is 7.79. The molecule has 0 aliphatic rings. The molecular formula is C21H27NO5S. The van der Waals surface area contributed by atoms with E-state index in [4.69, 9.17) is 4.74 Å². The molecule has 1 N–H and O–H groups in total. The lowest BCUT2D eigenvalue weighted by molar-refractivity contribution is 0.0589. The van der Waals surface area contributed by atoms with Gasteiger partial charge in [-0.2, -0.15) is 8.42 Å². The summed E-state index contributed by atoms with van der Waals surface area (Å²) in [5, 5.41) is 0. The molecule has 0 saturated heterocycles. The molecule has 0 heterocycles. The number of nitrogens with zero attached hydrogens (tertiary/aromatic N) is 1. The predicted octanol–water partition coefficient (Wildman–Crippen LogP) is 4.40. The lowest BCUT2D eigenvalue weighted by Crippen LogP contribution is -2.34. The van der Waals surface area contributed by atoms with Crippen LogP contribution in [-0.2, 0) is 27.7 Å². The van der Waals surface area contributed by atoms with E-state index in [0.717, 1.165) is 11.1 Å². The van der Waals surface area contributed by atoms with Crippen LogP contribution >= 0.6 is 0 Å². The van der Waals surface area contributed by atoms with Gasteiger partial charge in [0.1, 0.15) is 5.60 Å². The number of carbonyl (C=O) groups excluding carboxylic acids is 1. The molecule has 2 rings (SSSR count). The maximum Gasteiger partial charge on any atom is 0.414 e. The molecule has 0 aliphatic carbocycles. The van der Waals surface area contributed by atoms with Gasteiger partial charge in [0.25, 0.3) is 10.1 Å². The summed E-state index contributed by atoms with van der Waals surface area (Å²) in [6, 6.07) is 12.3. The fourth-order valence-corrected chi connectivity index (χ4v) is 3.49. The zero-order valence-electron chi connectivity index (χ0n) is 16.9. The third-order valence-corrected chi connectivity index (χ3v) is 5.12. The van der Waals surface area contributed by atoms with Crippen molar-refractivity contribution in [1.29, 1.82) is 0 Å². The lowest BCUT2D eigenvalue weighted by atomic mass is 10.0. The first-order valence-electron chi connectivity index (χ1n) is 8.99. The lowest BCUT2D eigenvalue weighted by Gasteiger charge is -2.24. The normalized spacial score (nSPS) is 11.9. The first-order chi connectivity index (χ1) is 12.9. The Bertz CT molecular complexity index is 944. The summed E-state index contributed by atoms with van der Waals surface area (Å²) in [5.41, 5.74) is 2.63. The third-order valence-electron chi connectivity index (χ3n) is 4.17. The maximum absolute atomic E-state index is 12.1. The Kier molecular flexibility index (Phi) is 6.52. The highest BCUT2D eigenvalue weighted by atomic mass is 32.2. The summed E-state index contributed by atoms with van der Waals surface area (Å²) >= 11 is 0. The molecule has 0 unspecified atom stereocenters. The van der Waals surface area contributed by atoms with Gasteiger partial charge in [0.2, 0.25) is 0 Å². The van der Waals surface area contributed by atoms with Gasteiger partial charge in [0.15, 0.2) is 0 Å². The van der Waals surface area contributed by atoms with Gasteiger partial charge < -0.3 is 4.74 Å². The SMILES string of the molecule is Cc1ccc(S(=O)(=O)O)c(CCc2ccc(N(C)C(=O)OC(C)(C)C)cc2)c1. The van der Waals surface area contributed by atoms with Crippen LogP contribution < -0.4 is 4.90 Å². The number of hydrogen-bond donors (Lipinski definition) is 1. The minimum absolute atomic E-state index is 0.0561. The topological polar surface area (TPSA) is 83.9 Å². The van der Waals surface area contributed by atoms with Crippen LogP contribution in [0, 0.1) is 6.92 Å². The van der Waals surface area contributed by atoms with Gasteiger partial charge in [-0.3, -0.25) is 9.45 Å². The summed E-state index contributed by atoms with van der Waals surface area (Å²) in [5.74, 6) is 0. The zero-order valence-corrected chi connectivity index (χ0v) is 17.7. The van der Waals surface area contributed by atoms with Crippen molar-refractivity contribution in [3.8, 4) is 0 Å². The monoisotopic (exact) mass is 405 g/mol. The van der Waals surface area contributed by atoms with Crippen molar-refractivity contribution in [2.75, 3.05) is 11.9 Å². The molecular weight excluding hydrogens is 378 g/mol. The summed E-state index contributed by atoms with van der Waals surface area (Å²) in [6.45, 7) is 7.31. The van der Waals surface area contributed by atoms with Gasteiger partial charge in [-0.25, -0.2) is 4.79 Å². The Balaban J connectivity index is 2.10. The second-order valence-corrected chi connectivity index (χ2v) is 9.18. The molecule has 0 bridgehead atoms. The highest BCUT2D eigenvalue weighted by Crippen LogP contribution is 2.21. The predicted molar refractivity (Wildman–Crippen MR) is 109 cm³/mol. The van der Waals surface area contributed by atoms with Gasteiger partial charge >= 0.3 is 6.09 Å². The highest BCUT2D eigenvalue weighted by molar-refractivity contribution is 7.85. The minimum atomic E-state index is -4.26. The van der Waals surface area contributed by atoms with Crippen LogP contribution in [0.4, 0.5) is 10.5 Å². The molecule has 0 fully saturated rings. The smallest absolute Gasteiger partial charge is 0.414 e. The Labute approximate surface area is 166 Å². The van der Waals surface area contributed by atoms with Crippen molar-refractivity contribution in [3.05, 3.63) is 59.2 Å². The average molecular weight is 406 g/mol. The molecule has 0 atom stereocenters. The highest BCUT2D eigenvalue weighted by Gasteiger charge is 2.20. The molecule has 2 aromatic rings. The van der Waals surface area contributed by atoms with Crippen LogP contribution in [0.1, 0.15) is 37.5 Å². The molecule has 0 aliphatic heterocycles. The van der Waals surface area contributed by atoms with Gasteiger partial charge in [-0.1, -0.05) is 29.8 Å². The Morgan fingerprint density at radius 3 is 2.21 bits per heavy atom. The molecule has 1 amide bonds. The van der Waals surface area contributed by atoms with Gasteiger partial charge in [-0.15, -0.1) is 0 Å². The van der Waals surface area contributed by atoms with Crippen LogP contribution in [0.25, 0.3) is 0 Å². The van der Waals surface area contributed by atoms with Gasteiger partial charge in [0.05, 0.1) is 4.90 Å². The molecule has 28 heavy (non-hydrogen) atoms. The van der Waals surface area contributed by atoms with Crippen LogP contribution in [0.15, 0.2) is 47.4 Å². The quantitative estimate of drug-likeness (QED) is 0.746. The van der Waals surface area contributed by atoms with E-state index < -0.39 is 21.8 Å². The number of benzene rings is 2. The van der Waals surface area contributed by atoms with Crippen molar-refractivity contribution in [1.82, 2.24) is 0 Å².